The first-order chi connectivity index (χ1) is 13.9. The van der Waals surface area contributed by atoms with E-state index in [1.165, 1.54) is 16.5 Å². The monoisotopic (exact) mass is 404 g/mol. The number of hydrogen-bond acceptors (Lipinski definition) is 7. The van der Waals surface area contributed by atoms with Gasteiger partial charge >= 0.3 is 0 Å². The van der Waals surface area contributed by atoms with Gasteiger partial charge in [0, 0.05) is 27.6 Å². The van der Waals surface area contributed by atoms with Gasteiger partial charge in [-0.15, -0.1) is 0 Å². The molecule has 0 aliphatic heterocycles. The van der Waals surface area contributed by atoms with Crippen LogP contribution >= 0.6 is 0 Å². The van der Waals surface area contributed by atoms with Crippen LogP contribution in [0.4, 0.5) is 11.6 Å². The highest BCUT2D eigenvalue weighted by Crippen LogP contribution is 2.21. The largest absolute Gasteiger partial charge is 0.383 e. The van der Waals surface area contributed by atoms with Crippen molar-refractivity contribution in [2.24, 2.45) is 0 Å². The summed E-state index contributed by atoms with van der Waals surface area (Å²) in [5, 5.41) is 5.28. The molecule has 2 aromatic rings. The summed E-state index contributed by atoms with van der Waals surface area (Å²) in [6, 6.07) is 3.10. The van der Waals surface area contributed by atoms with Gasteiger partial charge in [0.05, 0.1) is 19.2 Å². The second kappa shape index (κ2) is 9.97. The zero-order valence-electron chi connectivity index (χ0n) is 17.5. The molecule has 0 spiro atoms. The number of aromatic nitrogens is 3. The van der Waals surface area contributed by atoms with Crippen LogP contribution in [0.5, 0.6) is 0 Å². The summed E-state index contributed by atoms with van der Waals surface area (Å²) < 4.78 is 6.80. The normalized spacial score (nSPS) is 11.9. The van der Waals surface area contributed by atoms with Crippen LogP contribution < -0.4 is 21.1 Å². The van der Waals surface area contributed by atoms with Gasteiger partial charge in [-0.1, -0.05) is 13.8 Å². The van der Waals surface area contributed by atoms with E-state index in [4.69, 9.17) is 4.74 Å². The molecule has 0 aliphatic rings. The maximum atomic E-state index is 13.2. The van der Waals surface area contributed by atoms with Crippen LogP contribution in [0.3, 0.4) is 0 Å². The summed E-state index contributed by atoms with van der Waals surface area (Å²) >= 11 is 0. The van der Waals surface area contributed by atoms with Crippen LogP contribution in [0.1, 0.15) is 32.7 Å². The molecule has 2 aromatic heterocycles. The predicted molar refractivity (Wildman–Crippen MR) is 111 cm³/mol. The zero-order valence-corrected chi connectivity index (χ0v) is 17.5. The molecule has 10 nitrogen and oxygen atoms in total. The van der Waals surface area contributed by atoms with Crippen molar-refractivity contribution in [3.8, 4) is 0 Å². The van der Waals surface area contributed by atoms with Gasteiger partial charge in [-0.05, 0) is 18.6 Å². The number of carbonyl (C=O) groups is 2. The highest BCUT2D eigenvalue weighted by atomic mass is 16.5. The quantitative estimate of drug-likeness (QED) is 0.638. The van der Waals surface area contributed by atoms with E-state index in [1.54, 1.807) is 33.2 Å². The van der Waals surface area contributed by atoms with Crippen LogP contribution in [0.2, 0.25) is 0 Å². The lowest BCUT2D eigenvalue weighted by atomic mass is 10.2. The van der Waals surface area contributed by atoms with E-state index in [0.29, 0.717) is 36.4 Å². The molecule has 0 unspecified atom stereocenters. The first kappa shape index (κ1) is 22.3. The molecule has 1 atom stereocenters. The van der Waals surface area contributed by atoms with Crippen LogP contribution in [0.25, 0.3) is 11.2 Å². The molecule has 0 aliphatic carbocycles. The standard InChI is InChI=1S/C19H28N6O4/c1-6-12(11-29-5)25-18-13(8-9-14(23-18)24(4)16(27)7-2)22-17(19(25)28)21-10-15(26)20-3/h8-9,12H,6-7,10-11H2,1-5H3,(H,20,26)(H,21,22)/t12-/m1/s1. The Bertz CT molecular complexity index is 942. The van der Waals surface area contributed by atoms with Crippen molar-refractivity contribution in [2.75, 3.05) is 44.6 Å². The Morgan fingerprint density at radius 2 is 2.00 bits per heavy atom. The van der Waals surface area contributed by atoms with Gasteiger partial charge in [0.1, 0.15) is 11.3 Å². The fourth-order valence-corrected chi connectivity index (χ4v) is 2.90. The Balaban J connectivity index is 2.67. The fourth-order valence-electron chi connectivity index (χ4n) is 2.90. The SMILES string of the molecule is CCC(=O)N(C)c1ccc2nc(NCC(=O)NC)c(=O)n([C@H](CC)COC)c2n1. The minimum Gasteiger partial charge on any atom is -0.383 e. The van der Waals surface area contributed by atoms with E-state index in [2.05, 4.69) is 20.6 Å². The van der Waals surface area contributed by atoms with Crippen LogP contribution in [-0.2, 0) is 14.3 Å². The number of pyridine rings is 1. The smallest absolute Gasteiger partial charge is 0.295 e. The Labute approximate surface area is 169 Å². The van der Waals surface area contributed by atoms with Gasteiger partial charge in [0.25, 0.3) is 5.56 Å². The molecule has 158 valence electrons. The first-order valence-electron chi connectivity index (χ1n) is 9.51. The number of nitrogens with zero attached hydrogens (tertiary/aromatic N) is 4. The lowest BCUT2D eigenvalue weighted by molar-refractivity contribution is -0.119. The third kappa shape index (κ3) is 4.89. The van der Waals surface area contributed by atoms with Crippen molar-refractivity contribution < 1.29 is 14.3 Å². The first-order valence-corrected chi connectivity index (χ1v) is 9.51. The molecule has 0 fully saturated rings. The van der Waals surface area contributed by atoms with Gasteiger partial charge in [-0.3, -0.25) is 23.9 Å². The number of methoxy groups -OCH3 is 1. The van der Waals surface area contributed by atoms with Gasteiger partial charge in [0.2, 0.25) is 11.8 Å². The Morgan fingerprint density at radius 1 is 1.28 bits per heavy atom. The van der Waals surface area contributed by atoms with Gasteiger partial charge in [-0.2, -0.15) is 0 Å². The molecule has 2 amide bonds. The van der Waals surface area contributed by atoms with E-state index in [-0.39, 0.29) is 30.2 Å². The number of likely N-dealkylation sites (N-methyl/N-ethyl adjacent to an activating group) is 1. The Hall–Kier alpha value is -3.01. The van der Waals surface area contributed by atoms with Crippen LogP contribution in [0.15, 0.2) is 16.9 Å². The molecule has 0 saturated carbocycles. The predicted octanol–water partition coefficient (Wildman–Crippen LogP) is 0.920. The average Bonchev–Trinajstić information content (AvgIpc) is 2.74. The van der Waals surface area contributed by atoms with E-state index in [0.717, 1.165) is 0 Å². The van der Waals surface area contributed by atoms with Crippen molar-refractivity contribution in [1.29, 1.82) is 0 Å². The molecule has 0 bridgehead atoms. The third-order valence-corrected chi connectivity index (χ3v) is 4.63. The van der Waals surface area contributed by atoms with Crippen LogP contribution in [-0.4, -0.2) is 60.7 Å². The number of nitrogens with one attached hydrogen (secondary N) is 2. The van der Waals surface area contributed by atoms with Crippen molar-refractivity contribution in [2.45, 2.75) is 32.7 Å². The molecule has 0 aromatic carbocycles. The van der Waals surface area contributed by atoms with E-state index < -0.39 is 5.56 Å². The molecule has 29 heavy (non-hydrogen) atoms. The summed E-state index contributed by atoms with van der Waals surface area (Å²) in [5.74, 6) is 0.127. The summed E-state index contributed by atoms with van der Waals surface area (Å²) in [5.41, 5.74) is 0.428. The Kier molecular flexibility index (Phi) is 7.66. The molecular weight excluding hydrogens is 376 g/mol. The van der Waals surface area contributed by atoms with Crippen molar-refractivity contribution >= 4 is 34.6 Å². The number of anilines is 2. The summed E-state index contributed by atoms with van der Waals surface area (Å²) in [6.45, 7) is 3.94. The second-order valence-electron chi connectivity index (χ2n) is 6.50. The highest BCUT2D eigenvalue weighted by Gasteiger charge is 2.21. The number of amides is 2. The zero-order chi connectivity index (χ0) is 21.6. The summed E-state index contributed by atoms with van der Waals surface area (Å²) in [4.78, 5) is 47.1. The molecule has 2 N–H and O–H groups in total. The second-order valence-corrected chi connectivity index (χ2v) is 6.50. The molecule has 10 heteroatoms. The topological polar surface area (TPSA) is 118 Å². The van der Waals surface area contributed by atoms with Crippen molar-refractivity contribution in [3.05, 3.63) is 22.5 Å². The van der Waals surface area contributed by atoms with E-state index in [9.17, 15) is 14.4 Å². The van der Waals surface area contributed by atoms with Crippen molar-refractivity contribution in [1.82, 2.24) is 19.9 Å². The maximum Gasteiger partial charge on any atom is 0.295 e. The number of ether oxygens (including phenoxy) is 1. The number of rotatable bonds is 9. The average molecular weight is 404 g/mol. The molecule has 2 heterocycles. The minimum absolute atomic E-state index is 0.0585. The Morgan fingerprint density at radius 3 is 2.59 bits per heavy atom. The van der Waals surface area contributed by atoms with Gasteiger partial charge in [-0.25, -0.2) is 9.97 Å². The van der Waals surface area contributed by atoms with Crippen LogP contribution in [0, 0.1) is 0 Å². The number of hydrogen-bond donors (Lipinski definition) is 2. The van der Waals surface area contributed by atoms with E-state index >= 15 is 0 Å². The lowest BCUT2D eigenvalue weighted by Gasteiger charge is -2.22. The number of carbonyl (C=O) groups excluding carboxylic acids is 2. The van der Waals surface area contributed by atoms with E-state index in [1.807, 2.05) is 6.92 Å². The maximum absolute atomic E-state index is 13.2. The molecular formula is C19H28N6O4. The minimum atomic E-state index is -0.403. The third-order valence-electron chi connectivity index (χ3n) is 4.63. The molecule has 0 radical (unpaired) electrons. The van der Waals surface area contributed by atoms with Crippen molar-refractivity contribution in [3.63, 3.8) is 0 Å². The summed E-state index contributed by atoms with van der Waals surface area (Å²) in [6.07, 6.45) is 0.961. The fraction of sp³-hybridized carbons (Fsp3) is 0.526. The molecule has 0 saturated heterocycles. The summed E-state index contributed by atoms with van der Waals surface area (Å²) in [7, 11) is 4.72. The van der Waals surface area contributed by atoms with Gasteiger partial charge in [0.15, 0.2) is 11.5 Å². The van der Waals surface area contributed by atoms with Gasteiger partial charge < -0.3 is 15.4 Å². The molecule has 2 rings (SSSR count). The lowest BCUT2D eigenvalue weighted by Crippen LogP contribution is -2.34. The highest BCUT2D eigenvalue weighted by molar-refractivity contribution is 5.92. The number of fused-ring (bicyclic) bond motifs is 1.